The lowest BCUT2D eigenvalue weighted by atomic mass is 9.87. The van der Waals surface area contributed by atoms with Crippen LogP contribution in [-0.2, 0) is 0 Å². The molecule has 0 aromatic carbocycles. The first-order chi connectivity index (χ1) is 3.96. The average molecular weight is 136 g/mol. The van der Waals surface area contributed by atoms with Gasteiger partial charge in [0.2, 0.25) is 0 Å². The lowest BCUT2D eigenvalue weighted by molar-refractivity contribution is -0.0778. The first-order valence-electron chi connectivity index (χ1n) is 2.83. The highest BCUT2D eigenvalue weighted by Gasteiger charge is 2.51. The SMILES string of the molecule is CC(F)(F)C1(N)CNC1. The summed E-state index contributed by atoms with van der Waals surface area (Å²) in [6.07, 6.45) is 0. The summed E-state index contributed by atoms with van der Waals surface area (Å²) in [6.45, 7) is 1.29. The summed E-state index contributed by atoms with van der Waals surface area (Å²) >= 11 is 0. The fourth-order valence-corrected chi connectivity index (χ4v) is 0.705. The van der Waals surface area contributed by atoms with Gasteiger partial charge in [-0.25, -0.2) is 8.78 Å². The van der Waals surface area contributed by atoms with Crippen molar-refractivity contribution in [1.29, 1.82) is 0 Å². The number of nitrogens with two attached hydrogens (primary N) is 1. The van der Waals surface area contributed by atoms with Crippen molar-refractivity contribution in [2.24, 2.45) is 5.73 Å². The van der Waals surface area contributed by atoms with Gasteiger partial charge in [0.15, 0.2) is 0 Å². The summed E-state index contributed by atoms with van der Waals surface area (Å²) in [5.41, 5.74) is 3.98. The molecule has 1 aliphatic heterocycles. The molecule has 1 fully saturated rings. The van der Waals surface area contributed by atoms with Crippen molar-refractivity contribution in [2.75, 3.05) is 13.1 Å². The molecule has 0 spiro atoms. The fraction of sp³-hybridized carbons (Fsp3) is 1.00. The number of halogens is 2. The van der Waals surface area contributed by atoms with E-state index in [0.717, 1.165) is 6.92 Å². The molecule has 0 radical (unpaired) electrons. The third kappa shape index (κ3) is 0.923. The van der Waals surface area contributed by atoms with Crippen LogP contribution in [-0.4, -0.2) is 24.6 Å². The van der Waals surface area contributed by atoms with Crippen LogP contribution in [0.15, 0.2) is 0 Å². The molecule has 1 saturated heterocycles. The molecule has 0 aromatic heterocycles. The van der Waals surface area contributed by atoms with E-state index in [4.69, 9.17) is 5.73 Å². The van der Waals surface area contributed by atoms with Crippen molar-refractivity contribution >= 4 is 0 Å². The Labute approximate surface area is 52.4 Å². The zero-order chi connectivity index (χ0) is 7.12. The van der Waals surface area contributed by atoms with Gasteiger partial charge in [-0.3, -0.25) is 0 Å². The third-order valence-corrected chi connectivity index (χ3v) is 1.76. The van der Waals surface area contributed by atoms with Crippen LogP contribution in [0, 0.1) is 0 Å². The van der Waals surface area contributed by atoms with Crippen molar-refractivity contribution < 1.29 is 8.78 Å². The van der Waals surface area contributed by atoms with Crippen LogP contribution in [0.5, 0.6) is 0 Å². The smallest absolute Gasteiger partial charge is 0.265 e. The quantitative estimate of drug-likeness (QED) is 0.530. The molecule has 0 amide bonds. The van der Waals surface area contributed by atoms with Gasteiger partial charge in [-0.05, 0) is 0 Å². The van der Waals surface area contributed by atoms with E-state index in [-0.39, 0.29) is 13.1 Å². The Morgan fingerprint density at radius 2 is 2.00 bits per heavy atom. The molecular weight excluding hydrogens is 126 g/mol. The Morgan fingerprint density at radius 1 is 1.56 bits per heavy atom. The van der Waals surface area contributed by atoms with Crippen LogP contribution in [0.2, 0.25) is 0 Å². The minimum Gasteiger partial charge on any atom is -0.318 e. The van der Waals surface area contributed by atoms with Gasteiger partial charge in [-0.2, -0.15) is 0 Å². The number of hydrogen-bond acceptors (Lipinski definition) is 2. The van der Waals surface area contributed by atoms with E-state index in [9.17, 15) is 8.78 Å². The van der Waals surface area contributed by atoms with E-state index in [1.807, 2.05) is 0 Å². The van der Waals surface area contributed by atoms with E-state index in [0.29, 0.717) is 0 Å². The van der Waals surface area contributed by atoms with E-state index < -0.39 is 11.5 Å². The van der Waals surface area contributed by atoms with Crippen LogP contribution in [0.25, 0.3) is 0 Å². The summed E-state index contributed by atoms with van der Waals surface area (Å²) < 4.78 is 24.8. The Morgan fingerprint density at radius 3 is 2.00 bits per heavy atom. The lowest BCUT2D eigenvalue weighted by Crippen LogP contribution is -2.73. The maximum absolute atomic E-state index is 12.4. The van der Waals surface area contributed by atoms with Gasteiger partial charge >= 0.3 is 0 Å². The Bertz CT molecular complexity index is 115. The van der Waals surface area contributed by atoms with Gasteiger partial charge in [-0.1, -0.05) is 0 Å². The molecule has 4 heteroatoms. The lowest BCUT2D eigenvalue weighted by Gasteiger charge is -2.43. The third-order valence-electron chi connectivity index (χ3n) is 1.76. The van der Waals surface area contributed by atoms with Gasteiger partial charge in [-0.15, -0.1) is 0 Å². The highest BCUT2D eigenvalue weighted by Crippen LogP contribution is 2.28. The minimum absolute atomic E-state index is 0.219. The van der Waals surface area contributed by atoms with Gasteiger partial charge in [0, 0.05) is 20.0 Å². The predicted molar refractivity (Wildman–Crippen MR) is 30.4 cm³/mol. The van der Waals surface area contributed by atoms with E-state index in [2.05, 4.69) is 5.32 Å². The largest absolute Gasteiger partial charge is 0.318 e. The zero-order valence-electron chi connectivity index (χ0n) is 5.25. The first-order valence-corrected chi connectivity index (χ1v) is 2.83. The van der Waals surface area contributed by atoms with Crippen molar-refractivity contribution in [3.8, 4) is 0 Å². The molecule has 9 heavy (non-hydrogen) atoms. The summed E-state index contributed by atoms with van der Waals surface area (Å²) in [4.78, 5) is 0. The van der Waals surface area contributed by atoms with Crippen LogP contribution < -0.4 is 11.1 Å². The fourth-order valence-electron chi connectivity index (χ4n) is 0.705. The van der Waals surface area contributed by atoms with Crippen molar-refractivity contribution in [3.05, 3.63) is 0 Å². The predicted octanol–water partition coefficient (Wildman–Crippen LogP) is -0.0577. The zero-order valence-corrected chi connectivity index (χ0v) is 5.25. The molecule has 0 bridgehead atoms. The molecule has 0 saturated carbocycles. The molecule has 0 atom stereocenters. The van der Waals surface area contributed by atoms with Gasteiger partial charge in [0.05, 0.1) is 0 Å². The highest BCUT2D eigenvalue weighted by molar-refractivity contribution is 5.05. The second-order valence-electron chi connectivity index (χ2n) is 2.65. The second-order valence-corrected chi connectivity index (χ2v) is 2.65. The minimum atomic E-state index is -2.75. The second kappa shape index (κ2) is 1.64. The normalized spacial score (nSPS) is 25.3. The monoisotopic (exact) mass is 136 g/mol. The highest BCUT2D eigenvalue weighted by atomic mass is 19.3. The molecule has 1 aliphatic rings. The Kier molecular flexibility index (Phi) is 1.25. The molecule has 54 valence electrons. The average Bonchev–Trinajstić information content (AvgIpc) is 1.57. The Hall–Kier alpha value is -0.220. The number of nitrogens with one attached hydrogen (secondary N) is 1. The van der Waals surface area contributed by atoms with Crippen molar-refractivity contribution in [2.45, 2.75) is 18.4 Å². The van der Waals surface area contributed by atoms with Gasteiger partial charge in [0.1, 0.15) is 5.54 Å². The summed E-state index contributed by atoms with van der Waals surface area (Å²) in [7, 11) is 0. The molecule has 1 rings (SSSR count). The first kappa shape index (κ1) is 6.89. The van der Waals surface area contributed by atoms with Crippen LogP contribution in [0.3, 0.4) is 0 Å². The summed E-state index contributed by atoms with van der Waals surface area (Å²) in [6, 6.07) is 0. The molecule has 1 heterocycles. The molecular formula is C5H10F2N2. The van der Waals surface area contributed by atoms with Gasteiger partial charge < -0.3 is 11.1 Å². The van der Waals surface area contributed by atoms with Crippen LogP contribution in [0.4, 0.5) is 8.78 Å². The van der Waals surface area contributed by atoms with E-state index >= 15 is 0 Å². The molecule has 0 unspecified atom stereocenters. The van der Waals surface area contributed by atoms with Crippen molar-refractivity contribution in [3.63, 3.8) is 0 Å². The maximum atomic E-state index is 12.4. The Balaban J connectivity index is 2.59. The molecule has 0 aromatic rings. The van der Waals surface area contributed by atoms with E-state index in [1.165, 1.54) is 0 Å². The number of rotatable bonds is 1. The van der Waals surface area contributed by atoms with E-state index in [1.54, 1.807) is 0 Å². The summed E-state index contributed by atoms with van der Waals surface area (Å²) in [5.74, 6) is -2.75. The standard InChI is InChI=1S/C5H10F2N2/c1-4(6,7)5(8)2-9-3-5/h9H,2-3,8H2,1H3. The van der Waals surface area contributed by atoms with Crippen LogP contribution in [0.1, 0.15) is 6.92 Å². The number of alkyl halides is 2. The number of hydrogen-bond donors (Lipinski definition) is 2. The van der Waals surface area contributed by atoms with Gasteiger partial charge in [0.25, 0.3) is 5.92 Å². The van der Waals surface area contributed by atoms with Crippen molar-refractivity contribution in [1.82, 2.24) is 5.32 Å². The molecule has 2 nitrogen and oxygen atoms in total. The molecule has 0 aliphatic carbocycles. The molecule has 3 N–H and O–H groups in total. The maximum Gasteiger partial charge on any atom is 0.265 e. The topological polar surface area (TPSA) is 38.0 Å². The summed E-state index contributed by atoms with van der Waals surface area (Å²) in [5, 5.41) is 2.70. The van der Waals surface area contributed by atoms with Crippen LogP contribution >= 0.6 is 0 Å².